The van der Waals surface area contributed by atoms with Gasteiger partial charge in [-0.15, -0.1) is 0 Å². The van der Waals surface area contributed by atoms with Gasteiger partial charge in [-0.25, -0.2) is 8.78 Å². The highest BCUT2D eigenvalue weighted by atomic mass is 19.1. The van der Waals surface area contributed by atoms with E-state index in [1.54, 1.807) is 12.1 Å². The van der Waals surface area contributed by atoms with Gasteiger partial charge in [0.15, 0.2) is 0 Å². The molecule has 4 rings (SSSR count). The molecule has 1 aliphatic rings. The predicted octanol–water partition coefficient (Wildman–Crippen LogP) is 8.62. The summed E-state index contributed by atoms with van der Waals surface area (Å²) in [5, 5.41) is 0. The van der Waals surface area contributed by atoms with Gasteiger partial charge in [-0.05, 0) is 111 Å². The minimum Gasteiger partial charge on any atom is -0.494 e. The smallest absolute Gasteiger partial charge is 0.129 e. The van der Waals surface area contributed by atoms with Crippen molar-refractivity contribution < 1.29 is 13.5 Å². The molecule has 3 aromatic rings. The second kappa shape index (κ2) is 11.6. The van der Waals surface area contributed by atoms with Gasteiger partial charge < -0.3 is 4.74 Å². The lowest BCUT2D eigenvalue weighted by Crippen LogP contribution is -2.15. The fourth-order valence-corrected chi connectivity index (χ4v) is 5.33. The minimum absolute atomic E-state index is 0.0712. The first-order chi connectivity index (χ1) is 16.5. The van der Waals surface area contributed by atoms with Crippen molar-refractivity contribution in [3.63, 3.8) is 0 Å². The fraction of sp³-hybridized carbons (Fsp3) is 0.419. The summed E-state index contributed by atoms with van der Waals surface area (Å²) in [6.07, 6.45) is 6.87. The molecule has 1 saturated carbocycles. The van der Waals surface area contributed by atoms with Crippen LogP contribution in [-0.4, -0.2) is 6.61 Å². The Bertz CT molecular complexity index is 1010. The van der Waals surface area contributed by atoms with Gasteiger partial charge in [0.1, 0.15) is 17.4 Å². The van der Waals surface area contributed by atoms with Crippen molar-refractivity contribution in [1.82, 2.24) is 0 Å². The minimum atomic E-state index is -0.393. The van der Waals surface area contributed by atoms with Crippen LogP contribution in [0.5, 0.6) is 5.75 Å². The van der Waals surface area contributed by atoms with Crippen LogP contribution in [0.15, 0.2) is 66.7 Å². The van der Waals surface area contributed by atoms with E-state index in [9.17, 15) is 8.78 Å². The van der Waals surface area contributed by atoms with Crippen molar-refractivity contribution in [2.24, 2.45) is 5.92 Å². The summed E-state index contributed by atoms with van der Waals surface area (Å²) in [5.41, 5.74) is 3.49. The average molecular weight is 463 g/mol. The molecule has 0 spiro atoms. The van der Waals surface area contributed by atoms with E-state index in [1.165, 1.54) is 12.0 Å². The average Bonchev–Trinajstić information content (AvgIpc) is 2.86. The molecule has 3 heteroatoms. The molecule has 0 aliphatic heterocycles. The molecule has 0 bridgehead atoms. The van der Waals surface area contributed by atoms with Crippen molar-refractivity contribution in [1.29, 1.82) is 0 Å². The molecule has 1 fully saturated rings. The third kappa shape index (κ3) is 6.25. The number of rotatable bonds is 9. The van der Waals surface area contributed by atoms with Crippen molar-refractivity contribution in [2.45, 2.75) is 70.6 Å². The van der Waals surface area contributed by atoms with Crippen LogP contribution in [0.25, 0.3) is 0 Å². The molecule has 1 atom stereocenters. The lowest BCUT2D eigenvalue weighted by molar-refractivity contribution is 0.309. The summed E-state index contributed by atoms with van der Waals surface area (Å²) in [5.74, 6) is 1.15. The molecule has 0 saturated heterocycles. The van der Waals surface area contributed by atoms with Gasteiger partial charge >= 0.3 is 0 Å². The molecule has 1 unspecified atom stereocenters. The zero-order valence-electron chi connectivity index (χ0n) is 20.4. The highest BCUT2D eigenvalue weighted by Crippen LogP contribution is 2.39. The molecule has 180 valence electrons. The van der Waals surface area contributed by atoms with Crippen molar-refractivity contribution in [3.8, 4) is 5.75 Å². The maximum Gasteiger partial charge on any atom is 0.129 e. The molecule has 1 aliphatic carbocycles. The van der Waals surface area contributed by atoms with E-state index in [2.05, 4.69) is 12.1 Å². The third-order valence-corrected chi connectivity index (χ3v) is 7.44. The highest BCUT2D eigenvalue weighted by Gasteiger charge is 2.24. The standard InChI is InChI=1S/C31H36F2O/c1-3-34-28-17-13-24(14-18-28)10-9-23-11-15-26(16-12-23)27-20-30(32)29(31(33)21-27)19-22(2)25-7-5-4-6-8-25/h4-8,13-14,17-18,20-23,26H,3,9-12,15-16,19H2,1-2H3. The fourth-order valence-electron chi connectivity index (χ4n) is 5.33. The van der Waals surface area contributed by atoms with Gasteiger partial charge in [0.25, 0.3) is 0 Å². The molecule has 0 heterocycles. The van der Waals surface area contributed by atoms with Crippen LogP contribution >= 0.6 is 0 Å². The number of ether oxygens (including phenoxy) is 1. The third-order valence-electron chi connectivity index (χ3n) is 7.44. The lowest BCUT2D eigenvalue weighted by Gasteiger charge is -2.29. The number of hydrogen-bond donors (Lipinski definition) is 0. The Morgan fingerprint density at radius 1 is 0.882 bits per heavy atom. The highest BCUT2D eigenvalue weighted by molar-refractivity contribution is 5.31. The molecule has 0 N–H and O–H groups in total. The van der Waals surface area contributed by atoms with Crippen LogP contribution in [0.2, 0.25) is 0 Å². The van der Waals surface area contributed by atoms with E-state index in [4.69, 9.17) is 4.74 Å². The maximum absolute atomic E-state index is 15.0. The molecule has 3 aromatic carbocycles. The van der Waals surface area contributed by atoms with Gasteiger partial charge in [-0.3, -0.25) is 0 Å². The van der Waals surface area contributed by atoms with Crippen LogP contribution < -0.4 is 4.74 Å². The quantitative estimate of drug-likeness (QED) is 0.309. The van der Waals surface area contributed by atoms with Crippen LogP contribution in [0, 0.1) is 17.6 Å². The van der Waals surface area contributed by atoms with Crippen LogP contribution in [0.4, 0.5) is 8.78 Å². The number of benzene rings is 3. The molecule has 34 heavy (non-hydrogen) atoms. The maximum atomic E-state index is 15.0. The van der Waals surface area contributed by atoms with E-state index < -0.39 is 11.6 Å². The van der Waals surface area contributed by atoms with E-state index in [-0.39, 0.29) is 17.4 Å². The van der Waals surface area contributed by atoms with Crippen LogP contribution in [-0.2, 0) is 12.8 Å². The SMILES string of the molecule is CCOc1ccc(CCC2CCC(c3cc(F)c(CC(C)c4ccccc4)c(F)c3)CC2)cc1. The molecule has 0 amide bonds. The molecule has 0 aromatic heterocycles. The van der Waals surface area contributed by atoms with E-state index in [0.717, 1.165) is 49.0 Å². The summed E-state index contributed by atoms with van der Waals surface area (Å²) in [6.45, 7) is 4.70. The largest absolute Gasteiger partial charge is 0.494 e. The monoisotopic (exact) mass is 462 g/mol. The predicted molar refractivity (Wildman–Crippen MR) is 136 cm³/mol. The summed E-state index contributed by atoms with van der Waals surface area (Å²) in [4.78, 5) is 0. The second-order valence-electron chi connectivity index (χ2n) is 9.81. The van der Waals surface area contributed by atoms with E-state index in [1.807, 2.05) is 56.3 Å². The Balaban J connectivity index is 1.30. The second-order valence-corrected chi connectivity index (χ2v) is 9.81. The summed E-state index contributed by atoms with van der Waals surface area (Å²) in [7, 11) is 0. The Kier molecular flexibility index (Phi) is 8.37. The Morgan fingerprint density at radius 3 is 2.15 bits per heavy atom. The van der Waals surface area contributed by atoms with E-state index >= 15 is 0 Å². The summed E-state index contributed by atoms with van der Waals surface area (Å²) >= 11 is 0. The Morgan fingerprint density at radius 2 is 1.53 bits per heavy atom. The number of halogens is 2. The van der Waals surface area contributed by atoms with Gasteiger partial charge in [0, 0.05) is 5.56 Å². The topological polar surface area (TPSA) is 9.23 Å². The summed E-state index contributed by atoms with van der Waals surface area (Å²) in [6, 6.07) is 21.5. The molecule has 0 radical (unpaired) electrons. The van der Waals surface area contributed by atoms with Gasteiger partial charge in [-0.1, -0.05) is 49.4 Å². The molecule has 1 nitrogen and oxygen atoms in total. The summed E-state index contributed by atoms with van der Waals surface area (Å²) < 4.78 is 35.4. The zero-order chi connectivity index (χ0) is 23.9. The van der Waals surface area contributed by atoms with Crippen molar-refractivity contribution in [2.75, 3.05) is 6.61 Å². The first kappa shape index (κ1) is 24.4. The van der Waals surface area contributed by atoms with E-state index in [0.29, 0.717) is 18.9 Å². The number of aryl methyl sites for hydroxylation is 1. The molecular weight excluding hydrogens is 426 g/mol. The van der Waals surface area contributed by atoms with Crippen molar-refractivity contribution >= 4 is 0 Å². The van der Waals surface area contributed by atoms with Gasteiger partial charge in [-0.2, -0.15) is 0 Å². The Labute approximate surface area is 203 Å². The van der Waals surface area contributed by atoms with Gasteiger partial charge in [0.2, 0.25) is 0 Å². The first-order valence-electron chi connectivity index (χ1n) is 12.8. The Hall–Kier alpha value is -2.68. The van der Waals surface area contributed by atoms with Crippen LogP contribution in [0.3, 0.4) is 0 Å². The lowest BCUT2D eigenvalue weighted by atomic mass is 9.76. The number of hydrogen-bond acceptors (Lipinski definition) is 1. The van der Waals surface area contributed by atoms with Crippen molar-refractivity contribution in [3.05, 3.63) is 101 Å². The first-order valence-corrected chi connectivity index (χ1v) is 12.8. The van der Waals surface area contributed by atoms with Crippen LogP contribution in [0.1, 0.15) is 80.0 Å². The zero-order valence-corrected chi connectivity index (χ0v) is 20.4. The normalized spacial score (nSPS) is 19.1. The van der Waals surface area contributed by atoms with Gasteiger partial charge in [0.05, 0.1) is 6.61 Å². The molecular formula is C31H36F2O.